The molecule has 0 amide bonds. The molecule has 0 aromatic heterocycles. The maximum absolute atomic E-state index is 6.95. The topological polar surface area (TPSA) is 55.4 Å². The van der Waals surface area contributed by atoms with Crippen molar-refractivity contribution in [3.63, 3.8) is 0 Å². The Morgan fingerprint density at radius 3 is 1.42 bits per heavy atom. The van der Waals surface area contributed by atoms with E-state index in [2.05, 4.69) is 48.5 Å². The molecular formula is C41H42O6S. The summed E-state index contributed by atoms with van der Waals surface area (Å²) in [7, 11) is 1.67. The van der Waals surface area contributed by atoms with Crippen LogP contribution in [-0.4, -0.2) is 43.6 Å². The van der Waals surface area contributed by atoms with Gasteiger partial charge in [-0.2, -0.15) is 0 Å². The summed E-state index contributed by atoms with van der Waals surface area (Å²) in [5.41, 5.74) is 3.90. The van der Waals surface area contributed by atoms with Crippen molar-refractivity contribution < 1.29 is 28.4 Å². The third-order valence-corrected chi connectivity index (χ3v) is 9.31. The minimum absolute atomic E-state index is 0.324. The monoisotopic (exact) mass is 662 g/mol. The summed E-state index contributed by atoms with van der Waals surface area (Å²) in [4.78, 5) is 1.03. The summed E-state index contributed by atoms with van der Waals surface area (Å²) in [6.45, 7) is 1.99. The zero-order chi connectivity index (χ0) is 32.8. The maximum atomic E-state index is 6.95. The first-order valence-corrected chi connectivity index (χ1v) is 17.2. The number of hydrogen-bond donors (Lipinski definition) is 0. The molecule has 1 saturated heterocycles. The van der Waals surface area contributed by atoms with Crippen LogP contribution in [0.4, 0.5) is 0 Å². The highest BCUT2D eigenvalue weighted by molar-refractivity contribution is 7.99. The lowest BCUT2D eigenvalue weighted by molar-refractivity contribution is -0.254. The van der Waals surface area contributed by atoms with Gasteiger partial charge in [0.15, 0.2) is 0 Å². The molecule has 5 atom stereocenters. The van der Waals surface area contributed by atoms with Crippen LogP contribution in [0.5, 0.6) is 5.75 Å². The summed E-state index contributed by atoms with van der Waals surface area (Å²) in [5, 5.41) is 0. The van der Waals surface area contributed by atoms with Gasteiger partial charge in [-0.25, -0.2) is 0 Å². The number of thioether (sulfide) groups is 1. The Labute approximate surface area is 287 Å². The van der Waals surface area contributed by atoms with Crippen molar-refractivity contribution in [2.45, 2.75) is 61.2 Å². The van der Waals surface area contributed by atoms with Crippen molar-refractivity contribution >= 4 is 11.8 Å². The van der Waals surface area contributed by atoms with Crippen molar-refractivity contribution in [3.05, 3.63) is 168 Å². The molecule has 6 nitrogen and oxygen atoms in total. The van der Waals surface area contributed by atoms with Gasteiger partial charge in [0.2, 0.25) is 0 Å². The molecule has 0 saturated carbocycles. The molecule has 1 fully saturated rings. The number of hydrogen-bond acceptors (Lipinski definition) is 7. The number of rotatable bonds is 16. The van der Waals surface area contributed by atoms with Crippen molar-refractivity contribution in [1.82, 2.24) is 0 Å². The zero-order valence-electron chi connectivity index (χ0n) is 27.1. The first kappa shape index (κ1) is 33.9. The largest absolute Gasteiger partial charge is 0.497 e. The van der Waals surface area contributed by atoms with E-state index in [9.17, 15) is 0 Å². The smallest absolute Gasteiger partial charge is 0.137 e. The van der Waals surface area contributed by atoms with Crippen LogP contribution >= 0.6 is 11.8 Å². The van der Waals surface area contributed by atoms with E-state index in [1.165, 1.54) is 0 Å². The molecule has 5 aromatic carbocycles. The third kappa shape index (κ3) is 9.80. The standard InChI is InChI=1S/C41H42O6S/c1-42-35-22-24-36(25-23-35)48-41-40(46-29-34-20-12-5-13-21-34)39(45-28-33-18-10-4-11-19-33)38(44-27-32-16-8-3-9-17-32)37(47-41)30-43-26-31-14-6-2-7-15-31/h2-25,37-41H,26-30H2,1H3/t37-,38+,39+,40-,41+/m1/s1. The lowest BCUT2D eigenvalue weighted by atomic mass is 9.98. The summed E-state index contributed by atoms with van der Waals surface area (Å²) in [6.07, 6.45) is -1.83. The highest BCUT2D eigenvalue weighted by Gasteiger charge is 2.49. The summed E-state index contributed by atoms with van der Waals surface area (Å²) in [6, 6.07) is 48.7. The second kappa shape index (κ2) is 18.0. The van der Waals surface area contributed by atoms with E-state index in [0.717, 1.165) is 32.9 Å². The molecule has 0 unspecified atom stereocenters. The first-order chi connectivity index (χ1) is 23.7. The van der Waals surface area contributed by atoms with Crippen LogP contribution in [0.15, 0.2) is 150 Å². The van der Waals surface area contributed by atoms with E-state index >= 15 is 0 Å². The van der Waals surface area contributed by atoms with Crippen molar-refractivity contribution in [2.75, 3.05) is 13.7 Å². The number of ether oxygens (including phenoxy) is 6. The maximum Gasteiger partial charge on any atom is 0.137 e. The van der Waals surface area contributed by atoms with Crippen molar-refractivity contribution in [1.29, 1.82) is 0 Å². The predicted molar refractivity (Wildman–Crippen MR) is 189 cm³/mol. The molecule has 248 valence electrons. The van der Waals surface area contributed by atoms with E-state index in [1.54, 1.807) is 18.9 Å². The number of benzene rings is 5. The zero-order valence-corrected chi connectivity index (χ0v) is 28.0. The molecule has 1 aliphatic heterocycles. The molecule has 1 heterocycles. The van der Waals surface area contributed by atoms with Gasteiger partial charge in [0, 0.05) is 4.90 Å². The predicted octanol–water partition coefficient (Wildman–Crippen LogP) is 8.49. The molecule has 5 aromatic rings. The van der Waals surface area contributed by atoms with E-state index in [4.69, 9.17) is 28.4 Å². The Kier molecular flexibility index (Phi) is 12.7. The fourth-order valence-corrected chi connectivity index (χ4v) is 6.76. The Hall–Kier alpha value is -3.95. The quantitative estimate of drug-likeness (QED) is 0.105. The van der Waals surface area contributed by atoms with Gasteiger partial charge in [-0.15, -0.1) is 0 Å². The van der Waals surface area contributed by atoms with Crippen LogP contribution in [-0.2, 0) is 50.1 Å². The minimum atomic E-state index is -0.474. The summed E-state index contributed by atoms with van der Waals surface area (Å²) >= 11 is 1.61. The van der Waals surface area contributed by atoms with Gasteiger partial charge >= 0.3 is 0 Å². The molecule has 0 N–H and O–H groups in total. The lowest BCUT2D eigenvalue weighted by Crippen LogP contribution is -2.60. The lowest BCUT2D eigenvalue weighted by Gasteiger charge is -2.46. The molecule has 7 heteroatoms. The highest BCUT2D eigenvalue weighted by Crippen LogP contribution is 2.39. The third-order valence-electron chi connectivity index (χ3n) is 8.15. The Morgan fingerprint density at radius 1 is 0.500 bits per heavy atom. The fourth-order valence-electron chi connectivity index (χ4n) is 5.63. The normalized spacial score (nSPS) is 20.7. The summed E-state index contributed by atoms with van der Waals surface area (Å²) in [5.74, 6) is 0.798. The fraction of sp³-hybridized carbons (Fsp3) is 0.268. The Bertz CT molecular complexity index is 1610. The van der Waals surface area contributed by atoms with Gasteiger partial charge in [0.1, 0.15) is 35.6 Å². The van der Waals surface area contributed by atoms with E-state index < -0.39 is 29.9 Å². The molecule has 0 radical (unpaired) electrons. The highest BCUT2D eigenvalue weighted by atomic mass is 32.2. The summed E-state index contributed by atoms with van der Waals surface area (Å²) < 4.78 is 39.1. The second-order valence-electron chi connectivity index (χ2n) is 11.6. The van der Waals surface area contributed by atoms with Gasteiger partial charge in [0.25, 0.3) is 0 Å². The molecule has 0 spiro atoms. The van der Waals surface area contributed by atoms with E-state index in [0.29, 0.717) is 33.0 Å². The molecule has 48 heavy (non-hydrogen) atoms. The van der Waals surface area contributed by atoms with Crippen LogP contribution in [0.3, 0.4) is 0 Å². The van der Waals surface area contributed by atoms with Crippen molar-refractivity contribution in [2.24, 2.45) is 0 Å². The van der Waals surface area contributed by atoms with Gasteiger partial charge < -0.3 is 28.4 Å². The Balaban J connectivity index is 1.32. The molecular weight excluding hydrogens is 621 g/mol. The van der Waals surface area contributed by atoms with E-state index in [1.807, 2.05) is 97.1 Å². The minimum Gasteiger partial charge on any atom is -0.497 e. The second-order valence-corrected chi connectivity index (χ2v) is 12.8. The Morgan fingerprint density at radius 2 is 0.938 bits per heavy atom. The van der Waals surface area contributed by atoms with Gasteiger partial charge in [-0.1, -0.05) is 133 Å². The molecule has 0 aliphatic carbocycles. The van der Waals surface area contributed by atoms with Gasteiger partial charge in [0.05, 0.1) is 40.1 Å². The SMILES string of the molecule is COc1ccc(S[C@@H]2O[C@H](COCc3ccccc3)[C@H](OCc3ccccc3)[C@H](OCc3ccccc3)[C@H]2OCc2ccccc2)cc1. The van der Waals surface area contributed by atoms with Crippen LogP contribution < -0.4 is 4.74 Å². The average Bonchev–Trinajstić information content (AvgIpc) is 3.15. The van der Waals surface area contributed by atoms with Crippen LogP contribution in [0.25, 0.3) is 0 Å². The van der Waals surface area contributed by atoms with Gasteiger partial charge in [-0.3, -0.25) is 0 Å². The van der Waals surface area contributed by atoms with Crippen LogP contribution in [0, 0.1) is 0 Å². The average molecular weight is 663 g/mol. The van der Waals surface area contributed by atoms with Crippen LogP contribution in [0.2, 0.25) is 0 Å². The first-order valence-electron chi connectivity index (χ1n) is 16.3. The van der Waals surface area contributed by atoms with E-state index in [-0.39, 0.29) is 0 Å². The molecule has 1 aliphatic rings. The van der Waals surface area contributed by atoms with Gasteiger partial charge in [-0.05, 0) is 46.5 Å². The molecule has 6 rings (SSSR count). The number of methoxy groups -OCH3 is 1. The van der Waals surface area contributed by atoms with Crippen LogP contribution in [0.1, 0.15) is 22.3 Å². The molecule has 0 bridgehead atoms. The van der Waals surface area contributed by atoms with Crippen molar-refractivity contribution in [3.8, 4) is 5.75 Å².